The highest BCUT2D eigenvalue weighted by Crippen LogP contribution is 2.27. The van der Waals surface area contributed by atoms with Crippen LogP contribution in [0.4, 0.5) is 4.79 Å². The Balaban J connectivity index is 1.11. The van der Waals surface area contributed by atoms with E-state index in [0.717, 1.165) is 77.9 Å². The van der Waals surface area contributed by atoms with E-state index >= 15 is 0 Å². The van der Waals surface area contributed by atoms with Crippen LogP contribution in [-0.2, 0) is 25.6 Å². The summed E-state index contributed by atoms with van der Waals surface area (Å²) in [6.45, 7) is 10.2. The Morgan fingerprint density at radius 3 is 2.35 bits per heavy atom. The highest BCUT2D eigenvalue weighted by molar-refractivity contribution is 5.68. The van der Waals surface area contributed by atoms with Crippen molar-refractivity contribution in [2.75, 3.05) is 32.9 Å². The summed E-state index contributed by atoms with van der Waals surface area (Å²) in [6.07, 6.45) is 9.68. The molecule has 0 bridgehead atoms. The number of amides is 1. The quantitative estimate of drug-likeness (QED) is 0.280. The molecule has 1 heterocycles. The Bertz CT molecular complexity index is 742. The van der Waals surface area contributed by atoms with Gasteiger partial charge in [0.2, 0.25) is 0 Å². The van der Waals surface area contributed by atoms with E-state index in [9.17, 15) is 4.79 Å². The summed E-state index contributed by atoms with van der Waals surface area (Å²) in [5.74, 6) is 0. The van der Waals surface area contributed by atoms with Gasteiger partial charge in [-0.05, 0) is 71.3 Å². The van der Waals surface area contributed by atoms with Crippen LogP contribution in [0.25, 0.3) is 0 Å². The Morgan fingerprint density at radius 1 is 0.971 bits per heavy atom. The van der Waals surface area contributed by atoms with Crippen molar-refractivity contribution >= 4 is 6.09 Å². The monoisotopic (exact) mass is 473 g/mol. The summed E-state index contributed by atoms with van der Waals surface area (Å²) in [6, 6.07) is 10.3. The van der Waals surface area contributed by atoms with Gasteiger partial charge in [0.15, 0.2) is 0 Å². The summed E-state index contributed by atoms with van der Waals surface area (Å²) in [7, 11) is 0. The molecule has 1 aromatic rings. The van der Waals surface area contributed by atoms with Crippen LogP contribution in [-0.4, -0.2) is 61.7 Å². The second-order valence-corrected chi connectivity index (χ2v) is 10.3. The van der Waals surface area contributed by atoms with E-state index in [2.05, 4.69) is 18.2 Å². The van der Waals surface area contributed by atoms with E-state index in [1.54, 1.807) is 0 Å². The first-order valence-electron chi connectivity index (χ1n) is 12.9. The predicted molar refractivity (Wildman–Crippen MR) is 134 cm³/mol. The average molecular weight is 474 g/mol. The van der Waals surface area contributed by atoms with E-state index in [1.165, 1.54) is 11.1 Å². The van der Waals surface area contributed by atoms with Crippen LogP contribution in [0, 0.1) is 0 Å². The lowest BCUT2D eigenvalue weighted by atomic mass is 9.92. The van der Waals surface area contributed by atoms with E-state index < -0.39 is 5.60 Å². The van der Waals surface area contributed by atoms with Gasteiger partial charge in [0.25, 0.3) is 0 Å². The maximum absolute atomic E-state index is 12.1. The zero-order valence-electron chi connectivity index (χ0n) is 21.3. The number of allylic oxidation sites excluding steroid dienone is 1. The second kappa shape index (κ2) is 13.9. The summed E-state index contributed by atoms with van der Waals surface area (Å²) in [5, 5.41) is 0. The van der Waals surface area contributed by atoms with Gasteiger partial charge in [-0.15, -0.1) is 0 Å². The van der Waals surface area contributed by atoms with Crippen LogP contribution in [0.15, 0.2) is 42.0 Å². The average Bonchev–Trinajstić information content (AvgIpc) is 2.78. The number of carbonyl (C=O) groups excluding carboxylic acids is 1. The number of benzene rings is 1. The molecule has 1 aromatic carbocycles. The molecule has 1 aliphatic carbocycles. The van der Waals surface area contributed by atoms with Gasteiger partial charge in [-0.2, -0.15) is 0 Å². The third kappa shape index (κ3) is 10.2. The molecular formula is C28H43NO5. The third-order valence-corrected chi connectivity index (χ3v) is 6.15. The molecule has 0 spiro atoms. The number of carbonyl (C=O) groups is 1. The Labute approximate surface area is 205 Å². The summed E-state index contributed by atoms with van der Waals surface area (Å²) < 4.78 is 23.0. The van der Waals surface area contributed by atoms with Crippen LogP contribution in [0.1, 0.15) is 71.3 Å². The van der Waals surface area contributed by atoms with Crippen molar-refractivity contribution < 1.29 is 23.7 Å². The first-order chi connectivity index (χ1) is 16.4. The van der Waals surface area contributed by atoms with Crippen molar-refractivity contribution in [1.82, 2.24) is 4.90 Å². The largest absolute Gasteiger partial charge is 0.444 e. The molecule has 34 heavy (non-hydrogen) atoms. The van der Waals surface area contributed by atoms with Crippen molar-refractivity contribution in [3.63, 3.8) is 0 Å². The number of nitrogens with zero attached hydrogens (tertiary/aromatic N) is 1. The van der Waals surface area contributed by atoms with Gasteiger partial charge >= 0.3 is 6.09 Å². The normalized spacial score (nSPS) is 20.7. The first kappa shape index (κ1) is 26.7. The lowest BCUT2D eigenvalue weighted by molar-refractivity contribution is -0.108. The minimum Gasteiger partial charge on any atom is -0.444 e. The van der Waals surface area contributed by atoms with E-state index in [-0.39, 0.29) is 6.09 Å². The minimum atomic E-state index is -0.433. The Morgan fingerprint density at radius 2 is 1.65 bits per heavy atom. The van der Waals surface area contributed by atoms with Crippen LogP contribution in [0.3, 0.4) is 0 Å². The number of unbranched alkanes of at least 4 members (excludes halogenated alkanes) is 1. The number of ether oxygens (including phenoxy) is 4. The fourth-order valence-corrected chi connectivity index (χ4v) is 4.09. The molecule has 1 saturated heterocycles. The van der Waals surface area contributed by atoms with Crippen LogP contribution in [0.2, 0.25) is 0 Å². The highest BCUT2D eigenvalue weighted by Gasteiger charge is 2.30. The molecule has 0 N–H and O–H groups in total. The van der Waals surface area contributed by atoms with Gasteiger partial charge in [-0.25, -0.2) is 4.79 Å². The Hall–Kier alpha value is -1.89. The molecule has 0 radical (unpaired) electrons. The van der Waals surface area contributed by atoms with Crippen molar-refractivity contribution in [3.05, 3.63) is 47.5 Å². The summed E-state index contributed by atoms with van der Waals surface area (Å²) in [4.78, 5) is 13.9. The smallest absolute Gasteiger partial charge is 0.410 e. The van der Waals surface area contributed by atoms with Gasteiger partial charge in [0.1, 0.15) is 5.60 Å². The van der Waals surface area contributed by atoms with E-state index in [4.69, 9.17) is 18.9 Å². The minimum absolute atomic E-state index is 0.197. The molecule has 190 valence electrons. The summed E-state index contributed by atoms with van der Waals surface area (Å²) >= 11 is 0. The molecule has 1 amide bonds. The standard InChI is InChI=1S/C28H43NO5/c1-28(2,3)34-27(30)29-15-13-23(14-16-29)10-7-8-17-31-18-9-19-32-25-20-26(21-25)33-22-24-11-5-4-6-12-24/h4-6,10-12,25-26H,7-9,13-22H2,1-3H3. The molecule has 6 heteroatoms. The van der Waals surface area contributed by atoms with E-state index in [0.29, 0.717) is 18.8 Å². The van der Waals surface area contributed by atoms with Crippen molar-refractivity contribution in [1.29, 1.82) is 0 Å². The molecule has 2 aliphatic rings. The van der Waals surface area contributed by atoms with Gasteiger partial charge < -0.3 is 23.8 Å². The lowest BCUT2D eigenvalue weighted by Gasteiger charge is -2.35. The number of hydrogen-bond acceptors (Lipinski definition) is 5. The fraction of sp³-hybridized carbons (Fsp3) is 0.679. The van der Waals surface area contributed by atoms with Crippen LogP contribution < -0.4 is 0 Å². The lowest BCUT2D eigenvalue weighted by Crippen LogP contribution is -2.40. The van der Waals surface area contributed by atoms with Crippen molar-refractivity contribution in [2.45, 2.75) is 90.1 Å². The maximum Gasteiger partial charge on any atom is 0.410 e. The van der Waals surface area contributed by atoms with Gasteiger partial charge in [0.05, 0.1) is 18.8 Å². The summed E-state index contributed by atoms with van der Waals surface area (Å²) in [5.41, 5.74) is 2.24. The molecular weight excluding hydrogens is 430 g/mol. The first-order valence-corrected chi connectivity index (χ1v) is 12.9. The molecule has 3 rings (SSSR count). The molecule has 2 fully saturated rings. The van der Waals surface area contributed by atoms with Gasteiger partial charge in [0, 0.05) is 32.9 Å². The molecule has 0 atom stereocenters. The Kier molecular flexibility index (Phi) is 10.9. The maximum atomic E-state index is 12.1. The third-order valence-electron chi connectivity index (χ3n) is 6.15. The molecule has 0 unspecified atom stereocenters. The predicted octanol–water partition coefficient (Wildman–Crippen LogP) is 5.90. The SMILES string of the molecule is CC(C)(C)OC(=O)N1CCC(=CCCCOCCCOC2CC(OCc3ccccc3)C2)CC1. The van der Waals surface area contributed by atoms with Crippen LogP contribution in [0.5, 0.6) is 0 Å². The number of likely N-dealkylation sites (tertiary alicyclic amines) is 1. The fourth-order valence-electron chi connectivity index (χ4n) is 4.09. The molecule has 1 aliphatic heterocycles. The number of piperidine rings is 1. The van der Waals surface area contributed by atoms with Crippen LogP contribution >= 0.6 is 0 Å². The van der Waals surface area contributed by atoms with Crippen molar-refractivity contribution in [3.8, 4) is 0 Å². The van der Waals surface area contributed by atoms with Gasteiger partial charge in [-0.3, -0.25) is 0 Å². The van der Waals surface area contributed by atoms with Crippen molar-refractivity contribution in [2.24, 2.45) is 0 Å². The van der Waals surface area contributed by atoms with Gasteiger partial charge in [-0.1, -0.05) is 42.0 Å². The second-order valence-electron chi connectivity index (χ2n) is 10.3. The number of hydrogen-bond donors (Lipinski definition) is 0. The zero-order chi connectivity index (χ0) is 24.2. The topological polar surface area (TPSA) is 57.2 Å². The highest BCUT2D eigenvalue weighted by atomic mass is 16.6. The number of rotatable bonds is 12. The molecule has 6 nitrogen and oxygen atoms in total. The molecule has 1 saturated carbocycles. The van der Waals surface area contributed by atoms with E-state index in [1.807, 2.05) is 43.9 Å². The molecule has 0 aromatic heterocycles. The zero-order valence-corrected chi connectivity index (χ0v) is 21.3.